The van der Waals surface area contributed by atoms with Crippen LogP contribution in [-0.4, -0.2) is 28.0 Å². The number of benzene rings is 1. The number of nitro groups is 1. The molecule has 1 aliphatic carbocycles. The molecule has 0 unspecified atom stereocenters. The van der Waals surface area contributed by atoms with Crippen LogP contribution < -0.4 is 10.2 Å². The predicted molar refractivity (Wildman–Crippen MR) is 98.3 cm³/mol. The van der Waals surface area contributed by atoms with Crippen LogP contribution in [0.15, 0.2) is 36.7 Å². The smallest absolute Gasteiger partial charge is 0.353 e. The van der Waals surface area contributed by atoms with E-state index in [4.69, 9.17) is 0 Å². The number of anilines is 3. The molecule has 132 valence electrons. The summed E-state index contributed by atoms with van der Waals surface area (Å²) >= 11 is 0. The van der Waals surface area contributed by atoms with Gasteiger partial charge < -0.3 is 10.2 Å². The highest BCUT2D eigenvalue weighted by Crippen LogP contribution is 2.35. The zero-order chi connectivity index (χ0) is 17.6. The fraction of sp³-hybridized carbons (Fsp3) is 0.444. The third-order valence-corrected chi connectivity index (χ3v) is 4.64. The van der Waals surface area contributed by atoms with E-state index in [2.05, 4.69) is 15.3 Å². The number of rotatable bonds is 5. The number of aromatic nitrogens is 2. The maximum atomic E-state index is 11.7. The predicted octanol–water partition coefficient (Wildman–Crippen LogP) is 4.29. The van der Waals surface area contributed by atoms with Crippen molar-refractivity contribution >= 4 is 23.0 Å². The molecule has 0 atom stereocenters. The molecule has 0 radical (unpaired) electrons. The molecular weight excluding hydrogens is 318 g/mol. The summed E-state index contributed by atoms with van der Waals surface area (Å²) in [4.78, 5) is 21.4. The van der Waals surface area contributed by atoms with E-state index in [0.29, 0.717) is 11.6 Å². The van der Waals surface area contributed by atoms with E-state index < -0.39 is 4.92 Å². The van der Waals surface area contributed by atoms with Crippen molar-refractivity contribution in [3.63, 3.8) is 0 Å². The van der Waals surface area contributed by atoms with Crippen molar-refractivity contribution in [2.75, 3.05) is 17.3 Å². The number of nitrogens with one attached hydrogen (secondary N) is 1. The average molecular weight is 341 g/mol. The first-order valence-electron chi connectivity index (χ1n) is 8.71. The largest absolute Gasteiger partial charge is 0.361 e. The van der Waals surface area contributed by atoms with E-state index >= 15 is 0 Å². The lowest BCUT2D eigenvalue weighted by Crippen LogP contribution is -2.21. The molecule has 1 aliphatic rings. The van der Waals surface area contributed by atoms with Crippen LogP contribution in [-0.2, 0) is 0 Å². The molecule has 0 bridgehead atoms. The molecule has 3 rings (SSSR count). The van der Waals surface area contributed by atoms with Gasteiger partial charge in [-0.15, -0.1) is 0 Å². The SMILES string of the molecule is CN(c1ccccc1)c1ncnc(NC2CCCCCC2)c1[N+](=O)[O-]. The first kappa shape index (κ1) is 17.1. The van der Waals surface area contributed by atoms with Crippen LogP contribution in [0, 0.1) is 10.1 Å². The Morgan fingerprint density at radius 1 is 1.12 bits per heavy atom. The van der Waals surface area contributed by atoms with E-state index in [-0.39, 0.29) is 11.7 Å². The standard InChI is InChI=1S/C18H23N5O2/c1-22(15-11-7-4-8-12-15)18-16(23(24)25)17(19-13-20-18)21-14-9-5-2-3-6-10-14/h4,7-8,11-14H,2-3,5-6,9-10H2,1H3,(H,19,20,21). The van der Waals surface area contributed by atoms with Crippen LogP contribution in [0.2, 0.25) is 0 Å². The van der Waals surface area contributed by atoms with Gasteiger partial charge in [0.05, 0.1) is 4.92 Å². The van der Waals surface area contributed by atoms with Crippen molar-refractivity contribution in [1.82, 2.24) is 9.97 Å². The van der Waals surface area contributed by atoms with Gasteiger partial charge in [-0.3, -0.25) is 10.1 Å². The fourth-order valence-electron chi connectivity index (χ4n) is 3.28. The Morgan fingerprint density at radius 2 is 1.80 bits per heavy atom. The van der Waals surface area contributed by atoms with Gasteiger partial charge >= 0.3 is 5.69 Å². The average Bonchev–Trinajstić information content (AvgIpc) is 2.90. The second-order valence-electron chi connectivity index (χ2n) is 6.38. The molecule has 25 heavy (non-hydrogen) atoms. The topological polar surface area (TPSA) is 84.2 Å². The van der Waals surface area contributed by atoms with Gasteiger partial charge in [-0.25, -0.2) is 9.97 Å². The maximum Gasteiger partial charge on any atom is 0.353 e. The van der Waals surface area contributed by atoms with Crippen LogP contribution in [0.3, 0.4) is 0 Å². The molecule has 0 amide bonds. The highest BCUT2D eigenvalue weighted by atomic mass is 16.6. The van der Waals surface area contributed by atoms with E-state index in [1.54, 1.807) is 11.9 Å². The first-order valence-corrected chi connectivity index (χ1v) is 8.71. The van der Waals surface area contributed by atoms with Gasteiger partial charge in [-0.1, -0.05) is 43.9 Å². The third kappa shape index (κ3) is 4.04. The van der Waals surface area contributed by atoms with Crippen LogP contribution in [0.25, 0.3) is 0 Å². The van der Waals surface area contributed by atoms with Crippen molar-refractivity contribution in [2.45, 2.75) is 44.6 Å². The Balaban J connectivity index is 1.92. The lowest BCUT2D eigenvalue weighted by atomic mass is 10.1. The molecule has 7 heteroatoms. The Morgan fingerprint density at radius 3 is 2.44 bits per heavy atom. The van der Waals surface area contributed by atoms with Crippen LogP contribution in [0.1, 0.15) is 38.5 Å². The Kier molecular flexibility index (Phi) is 5.42. The lowest BCUT2D eigenvalue weighted by Gasteiger charge is -2.21. The van der Waals surface area contributed by atoms with Gasteiger partial charge in [0.1, 0.15) is 6.33 Å². The Bertz CT molecular complexity index is 715. The summed E-state index contributed by atoms with van der Waals surface area (Å²) in [6.07, 6.45) is 8.18. The number of hydrogen-bond donors (Lipinski definition) is 1. The van der Waals surface area contributed by atoms with Gasteiger partial charge in [0.2, 0.25) is 11.6 Å². The molecule has 0 spiro atoms. The zero-order valence-corrected chi connectivity index (χ0v) is 14.4. The molecule has 7 nitrogen and oxygen atoms in total. The van der Waals surface area contributed by atoms with E-state index in [9.17, 15) is 10.1 Å². The zero-order valence-electron chi connectivity index (χ0n) is 14.4. The summed E-state index contributed by atoms with van der Waals surface area (Å²) in [6.45, 7) is 0. The lowest BCUT2D eigenvalue weighted by molar-refractivity contribution is -0.383. The monoisotopic (exact) mass is 341 g/mol. The van der Waals surface area contributed by atoms with Crippen molar-refractivity contribution in [3.05, 3.63) is 46.8 Å². The van der Waals surface area contributed by atoms with Crippen molar-refractivity contribution < 1.29 is 4.92 Å². The minimum absolute atomic E-state index is 0.0712. The molecule has 2 aromatic rings. The summed E-state index contributed by atoms with van der Waals surface area (Å²) < 4.78 is 0. The van der Waals surface area contributed by atoms with Crippen LogP contribution >= 0.6 is 0 Å². The molecule has 0 aliphatic heterocycles. The van der Waals surface area contributed by atoms with E-state index in [1.165, 1.54) is 19.2 Å². The van der Waals surface area contributed by atoms with E-state index in [1.807, 2.05) is 30.3 Å². The molecule has 1 aromatic carbocycles. The highest BCUT2D eigenvalue weighted by Gasteiger charge is 2.27. The van der Waals surface area contributed by atoms with Crippen molar-refractivity contribution in [1.29, 1.82) is 0 Å². The van der Waals surface area contributed by atoms with Crippen LogP contribution in [0.4, 0.5) is 23.0 Å². The van der Waals surface area contributed by atoms with Gasteiger partial charge in [-0.05, 0) is 25.0 Å². The summed E-state index contributed by atoms with van der Waals surface area (Å²) in [6, 6.07) is 9.71. The molecule has 0 saturated heterocycles. The normalized spacial score (nSPS) is 15.4. The number of para-hydroxylation sites is 1. The molecule has 1 fully saturated rings. The molecule has 1 N–H and O–H groups in total. The van der Waals surface area contributed by atoms with Gasteiger partial charge in [0.25, 0.3) is 0 Å². The van der Waals surface area contributed by atoms with Crippen molar-refractivity contribution in [2.24, 2.45) is 0 Å². The number of nitrogens with zero attached hydrogens (tertiary/aromatic N) is 4. The Hall–Kier alpha value is -2.70. The molecular formula is C18H23N5O2. The highest BCUT2D eigenvalue weighted by molar-refractivity contribution is 5.75. The quantitative estimate of drug-likeness (QED) is 0.496. The Labute approximate surface area is 147 Å². The minimum Gasteiger partial charge on any atom is -0.361 e. The van der Waals surface area contributed by atoms with E-state index in [0.717, 1.165) is 31.4 Å². The molecule has 1 aromatic heterocycles. The van der Waals surface area contributed by atoms with Crippen LogP contribution in [0.5, 0.6) is 0 Å². The molecule has 1 saturated carbocycles. The number of hydrogen-bond acceptors (Lipinski definition) is 6. The minimum atomic E-state index is -0.395. The summed E-state index contributed by atoms with van der Waals surface area (Å²) in [7, 11) is 1.78. The van der Waals surface area contributed by atoms with Gasteiger partial charge in [0.15, 0.2) is 0 Å². The second-order valence-corrected chi connectivity index (χ2v) is 6.38. The van der Waals surface area contributed by atoms with Gasteiger partial charge in [-0.2, -0.15) is 0 Å². The summed E-state index contributed by atoms with van der Waals surface area (Å²) in [5.41, 5.74) is 0.766. The fourth-order valence-corrected chi connectivity index (χ4v) is 3.28. The third-order valence-electron chi connectivity index (χ3n) is 4.64. The maximum absolute atomic E-state index is 11.7. The summed E-state index contributed by atoms with van der Waals surface area (Å²) in [5, 5.41) is 15.0. The summed E-state index contributed by atoms with van der Waals surface area (Å²) in [5.74, 6) is 0.604. The van der Waals surface area contributed by atoms with Crippen molar-refractivity contribution in [3.8, 4) is 0 Å². The molecule has 1 heterocycles. The first-order chi connectivity index (χ1) is 12.2. The second kappa shape index (κ2) is 7.92. The van der Waals surface area contributed by atoms with Gasteiger partial charge in [0, 0.05) is 18.8 Å².